The van der Waals surface area contributed by atoms with Gasteiger partial charge in [-0.25, -0.2) is 9.97 Å². The zero-order chi connectivity index (χ0) is 18.4. The van der Waals surface area contributed by atoms with E-state index in [2.05, 4.69) is 9.97 Å². The highest BCUT2D eigenvalue weighted by Crippen LogP contribution is 2.20. The third-order valence-corrected chi connectivity index (χ3v) is 4.03. The van der Waals surface area contributed by atoms with Gasteiger partial charge in [0.2, 0.25) is 5.91 Å². The molecule has 2 rings (SSSR count). The molecule has 1 unspecified atom stereocenters. The molecule has 2 aromatic heterocycles. The number of aliphatic carboxylic acids is 1. The van der Waals surface area contributed by atoms with Crippen LogP contribution in [0.15, 0.2) is 30.9 Å². The van der Waals surface area contributed by atoms with Crippen molar-refractivity contribution in [1.82, 2.24) is 19.4 Å². The maximum atomic E-state index is 12.2. The summed E-state index contributed by atoms with van der Waals surface area (Å²) in [4.78, 5) is 33.7. The predicted molar refractivity (Wildman–Crippen MR) is 92.9 cm³/mol. The van der Waals surface area contributed by atoms with Crippen LogP contribution < -0.4 is 5.73 Å². The molecule has 8 heteroatoms. The van der Waals surface area contributed by atoms with Crippen molar-refractivity contribution in [3.63, 3.8) is 0 Å². The lowest BCUT2D eigenvalue weighted by Crippen LogP contribution is -2.33. The smallest absolute Gasteiger partial charge is 0.312 e. The van der Waals surface area contributed by atoms with Crippen molar-refractivity contribution in [3.05, 3.63) is 42.1 Å². The average molecular weight is 345 g/mol. The number of carboxylic acid groups (broad SMARTS) is 1. The van der Waals surface area contributed by atoms with Crippen LogP contribution >= 0.6 is 0 Å². The van der Waals surface area contributed by atoms with E-state index >= 15 is 0 Å². The number of carbonyl (C=O) groups excluding carboxylic acids is 1. The SMILES string of the molecule is CCN(CC)C(=O)Cn1cnc(C(Cc2ccc(N)nc2)C(=O)O)c1. The number of carbonyl (C=O) groups is 2. The van der Waals surface area contributed by atoms with E-state index in [9.17, 15) is 14.7 Å². The molecule has 0 aliphatic carbocycles. The molecule has 0 saturated carbocycles. The monoisotopic (exact) mass is 345 g/mol. The van der Waals surface area contributed by atoms with Crippen LogP contribution in [0.25, 0.3) is 0 Å². The Morgan fingerprint density at radius 3 is 2.56 bits per heavy atom. The molecule has 25 heavy (non-hydrogen) atoms. The van der Waals surface area contributed by atoms with Gasteiger partial charge in [-0.05, 0) is 31.9 Å². The topological polar surface area (TPSA) is 114 Å². The Hall–Kier alpha value is -2.90. The van der Waals surface area contributed by atoms with Crippen molar-refractivity contribution in [2.24, 2.45) is 0 Å². The Morgan fingerprint density at radius 2 is 2.00 bits per heavy atom. The molecule has 2 heterocycles. The van der Waals surface area contributed by atoms with E-state index in [-0.39, 0.29) is 18.9 Å². The molecular formula is C17H23N5O3. The molecule has 0 spiro atoms. The maximum Gasteiger partial charge on any atom is 0.312 e. The molecule has 0 aromatic carbocycles. The van der Waals surface area contributed by atoms with Gasteiger partial charge in [0.05, 0.1) is 12.0 Å². The summed E-state index contributed by atoms with van der Waals surface area (Å²) in [5.41, 5.74) is 6.72. The fraction of sp³-hybridized carbons (Fsp3) is 0.412. The summed E-state index contributed by atoms with van der Waals surface area (Å²) in [5.74, 6) is -1.43. The highest BCUT2D eigenvalue weighted by molar-refractivity contribution is 5.77. The molecule has 0 bridgehead atoms. The van der Waals surface area contributed by atoms with Crippen LogP contribution in [0.5, 0.6) is 0 Å². The van der Waals surface area contributed by atoms with Crippen molar-refractivity contribution in [1.29, 1.82) is 0 Å². The highest BCUT2D eigenvalue weighted by atomic mass is 16.4. The third-order valence-electron chi connectivity index (χ3n) is 4.03. The van der Waals surface area contributed by atoms with E-state index in [0.29, 0.717) is 24.6 Å². The van der Waals surface area contributed by atoms with Gasteiger partial charge in [0, 0.05) is 25.5 Å². The van der Waals surface area contributed by atoms with Gasteiger partial charge in [0.15, 0.2) is 0 Å². The molecule has 1 amide bonds. The number of hydrogen-bond acceptors (Lipinski definition) is 5. The standard InChI is InChI=1S/C17H23N5O3/c1-3-22(4-2)16(23)10-21-9-14(20-11-21)13(17(24)25)7-12-5-6-15(18)19-8-12/h5-6,8-9,11,13H,3-4,7,10H2,1-2H3,(H2,18,19)(H,24,25). The molecule has 0 saturated heterocycles. The minimum atomic E-state index is -0.975. The second kappa shape index (κ2) is 8.27. The lowest BCUT2D eigenvalue weighted by Gasteiger charge is -2.18. The van der Waals surface area contributed by atoms with E-state index in [1.165, 1.54) is 6.33 Å². The van der Waals surface area contributed by atoms with E-state index in [0.717, 1.165) is 5.56 Å². The number of amides is 1. The summed E-state index contributed by atoms with van der Waals surface area (Å²) in [6, 6.07) is 3.38. The first-order valence-electron chi connectivity index (χ1n) is 8.17. The number of imidazole rings is 1. The number of hydrogen-bond donors (Lipinski definition) is 2. The summed E-state index contributed by atoms with van der Waals surface area (Å²) < 4.78 is 1.62. The van der Waals surface area contributed by atoms with E-state index in [1.807, 2.05) is 13.8 Å². The van der Waals surface area contributed by atoms with Crippen LogP contribution in [0.4, 0.5) is 5.82 Å². The van der Waals surface area contributed by atoms with E-state index in [1.54, 1.807) is 34.0 Å². The molecule has 8 nitrogen and oxygen atoms in total. The predicted octanol–water partition coefficient (Wildman–Crippen LogP) is 1.14. The zero-order valence-electron chi connectivity index (χ0n) is 14.4. The van der Waals surface area contributed by atoms with Crippen LogP contribution in [0, 0.1) is 0 Å². The molecule has 134 valence electrons. The summed E-state index contributed by atoms with van der Waals surface area (Å²) in [7, 11) is 0. The van der Waals surface area contributed by atoms with Gasteiger partial charge in [0.25, 0.3) is 0 Å². The molecule has 3 N–H and O–H groups in total. The molecular weight excluding hydrogens is 322 g/mol. The normalized spacial score (nSPS) is 11.9. The summed E-state index contributed by atoms with van der Waals surface area (Å²) >= 11 is 0. The molecule has 0 radical (unpaired) electrons. The highest BCUT2D eigenvalue weighted by Gasteiger charge is 2.23. The van der Waals surface area contributed by atoms with Gasteiger partial charge in [-0.15, -0.1) is 0 Å². The molecule has 0 aliphatic rings. The van der Waals surface area contributed by atoms with Crippen LogP contribution in [0.1, 0.15) is 31.0 Å². The number of carboxylic acids is 1. The maximum absolute atomic E-state index is 12.2. The van der Waals surface area contributed by atoms with E-state index in [4.69, 9.17) is 5.73 Å². The van der Waals surface area contributed by atoms with Crippen molar-refractivity contribution >= 4 is 17.7 Å². The van der Waals surface area contributed by atoms with Gasteiger partial charge in [0.1, 0.15) is 18.3 Å². The molecule has 2 aromatic rings. The summed E-state index contributed by atoms with van der Waals surface area (Å²) in [6.07, 6.45) is 4.93. The Labute approximate surface area is 146 Å². The first-order chi connectivity index (χ1) is 11.9. The number of anilines is 1. The molecule has 1 atom stereocenters. The van der Waals surface area contributed by atoms with Gasteiger partial charge in [-0.1, -0.05) is 6.07 Å². The summed E-state index contributed by atoms with van der Waals surface area (Å²) in [6.45, 7) is 5.26. The van der Waals surface area contributed by atoms with Crippen LogP contribution in [0.2, 0.25) is 0 Å². The number of likely N-dealkylation sites (N-methyl/N-ethyl adjacent to an activating group) is 1. The average Bonchev–Trinajstić information content (AvgIpc) is 3.03. The Kier molecular flexibility index (Phi) is 6.10. The van der Waals surface area contributed by atoms with Crippen LogP contribution in [0.3, 0.4) is 0 Å². The number of aromatic nitrogens is 3. The van der Waals surface area contributed by atoms with E-state index < -0.39 is 11.9 Å². The van der Waals surface area contributed by atoms with Gasteiger partial charge >= 0.3 is 5.97 Å². The van der Waals surface area contributed by atoms with Crippen molar-refractivity contribution < 1.29 is 14.7 Å². The Bertz CT molecular complexity index is 722. The number of nitrogens with two attached hydrogens (primary N) is 1. The van der Waals surface area contributed by atoms with Crippen molar-refractivity contribution in [3.8, 4) is 0 Å². The number of rotatable bonds is 8. The first-order valence-corrected chi connectivity index (χ1v) is 8.17. The van der Waals surface area contributed by atoms with Crippen LogP contribution in [-0.2, 0) is 22.6 Å². The second-order valence-electron chi connectivity index (χ2n) is 5.72. The van der Waals surface area contributed by atoms with Gasteiger partial charge < -0.3 is 20.3 Å². The largest absolute Gasteiger partial charge is 0.481 e. The van der Waals surface area contributed by atoms with Crippen LogP contribution in [-0.4, -0.2) is 49.5 Å². The van der Waals surface area contributed by atoms with Gasteiger partial charge in [-0.2, -0.15) is 0 Å². The van der Waals surface area contributed by atoms with Crippen molar-refractivity contribution in [2.45, 2.75) is 32.7 Å². The zero-order valence-corrected chi connectivity index (χ0v) is 14.4. The fourth-order valence-corrected chi connectivity index (χ4v) is 2.59. The minimum absolute atomic E-state index is 0.0245. The number of nitrogen functional groups attached to an aromatic ring is 1. The minimum Gasteiger partial charge on any atom is -0.481 e. The third kappa shape index (κ3) is 4.79. The molecule has 0 fully saturated rings. The van der Waals surface area contributed by atoms with Crippen molar-refractivity contribution in [2.75, 3.05) is 18.8 Å². The number of nitrogens with zero attached hydrogens (tertiary/aromatic N) is 4. The molecule has 0 aliphatic heterocycles. The number of pyridine rings is 1. The first kappa shape index (κ1) is 18.4. The van der Waals surface area contributed by atoms with Gasteiger partial charge in [-0.3, -0.25) is 9.59 Å². The fourth-order valence-electron chi connectivity index (χ4n) is 2.59. The quantitative estimate of drug-likeness (QED) is 0.741. The second-order valence-corrected chi connectivity index (χ2v) is 5.72. The Morgan fingerprint density at radius 1 is 1.28 bits per heavy atom. The lowest BCUT2D eigenvalue weighted by atomic mass is 9.98. The Balaban J connectivity index is 2.12. The lowest BCUT2D eigenvalue weighted by molar-refractivity contribution is -0.138. The summed E-state index contributed by atoms with van der Waals surface area (Å²) in [5, 5.41) is 9.53.